The smallest absolute Gasteiger partial charge is 0.348 e. The van der Waals surface area contributed by atoms with Crippen molar-refractivity contribution in [3.05, 3.63) is 35.4 Å². The predicted molar refractivity (Wildman–Crippen MR) is 61.7 cm³/mol. The van der Waals surface area contributed by atoms with Crippen molar-refractivity contribution in [3.8, 4) is 0 Å². The summed E-state index contributed by atoms with van der Waals surface area (Å²) in [5.74, 6) is -4.55. The number of carbonyl (C=O) groups excluding carboxylic acids is 1. The molecule has 0 unspecified atom stereocenters. The summed E-state index contributed by atoms with van der Waals surface area (Å²) in [6, 6.07) is 6.04. The van der Waals surface area contributed by atoms with Crippen LogP contribution >= 0.6 is 0 Å². The van der Waals surface area contributed by atoms with Crippen LogP contribution in [-0.4, -0.2) is 45.4 Å². The van der Waals surface area contributed by atoms with Gasteiger partial charge in [0.25, 0.3) is 0 Å². The SMILES string of the molecule is Cc1ccc(C(=O)O[C@@H](C(=O)O)[C@H](O)C(=O)O)cc1. The molecule has 0 bridgehead atoms. The number of aryl methyl sites for hydroxylation is 1. The molecule has 102 valence electrons. The van der Waals surface area contributed by atoms with Gasteiger partial charge in [-0.3, -0.25) is 0 Å². The van der Waals surface area contributed by atoms with E-state index in [1.807, 2.05) is 0 Å². The van der Waals surface area contributed by atoms with E-state index >= 15 is 0 Å². The Morgan fingerprint density at radius 1 is 1.05 bits per heavy atom. The van der Waals surface area contributed by atoms with Crippen molar-refractivity contribution in [2.24, 2.45) is 0 Å². The Labute approximate surface area is 108 Å². The lowest BCUT2D eigenvalue weighted by molar-refractivity contribution is -0.166. The molecule has 1 rings (SSSR count). The topological polar surface area (TPSA) is 121 Å². The second kappa shape index (κ2) is 5.96. The molecule has 0 radical (unpaired) electrons. The van der Waals surface area contributed by atoms with Gasteiger partial charge in [0.2, 0.25) is 6.10 Å². The molecule has 0 heterocycles. The van der Waals surface area contributed by atoms with Crippen LogP contribution in [0.4, 0.5) is 0 Å². The van der Waals surface area contributed by atoms with Crippen molar-refractivity contribution >= 4 is 17.9 Å². The molecule has 0 fully saturated rings. The van der Waals surface area contributed by atoms with Crippen LogP contribution in [0.5, 0.6) is 0 Å². The van der Waals surface area contributed by atoms with Gasteiger partial charge in [-0.15, -0.1) is 0 Å². The number of benzene rings is 1. The summed E-state index contributed by atoms with van der Waals surface area (Å²) in [5.41, 5.74) is 0.950. The Morgan fingerprint density at radius 2 is 1.58 bits per heavy atom. The number of carboxylic acids is 2. The van der Waals surface area contributed by atoms with Gasteiger partial charge in [-0.05, 0) is 19.1 Å². The van der Waals surface area contributed by atoms with Gasteiger partial charge in [-0.25, -0.2) is 14.4 Å². The predicted octanol–water partition coefficient (Wildman–Crippen LogP) is 0.0505. The number of carbonyl (C=O) groups is 3. The van der Waals surface area contributed by atoms with E-state index in [9.17, 15) is 14.4 Å². The van der Waals surface area contributed by atoms with E-state index in [0.29, 0.717) is 0 Å². The Hall–Kier alpha value is -2.41. The van der Waals surface area contributed by atoms with E-state index in [1.54, 1.807) is 19.1 Å². The van der Waals surface area contributed by atoms with Crippen LogP contribution in [0, 0.1) is 6.92 Å². The van der Waals surface area contributed by atoms with Gasteiger partial charge >= 0.3 is 17.9 Å². The molecule has 0 saturated heterocycles. The lowest BCUT2D eigenvalue weighted by Crippen LogP contribution is -2.43. The third-order valence-electron chi connectivity index (χ3n) is 2.30. The molecule has 7 nitrogen and oxygen atoms in total. The number of hydrogen-bond donors (Lipinski definition) is 3. The molecule has 19 heavy (non-hydrogen) atoms. The van der Waals surface area contributed by atoms with Gasteiger partial charge in [-0.2, -0.15) is 0 Å². The fourth-order valence-electron chi connectivity index (χ4n) is 1.25. The molecule has 0 saturated carbocycles. The van der Waals surface area contributed by atoms with Gasteiger partial charge in [-0.1, -0.05) is 17.7 Å². The second-order valence-corrected chi connectivity index (χ2v) is 3.81. The van der Waals surface area contributed by atoms with Gasteiger partial charge in [0.1, 0.15) is 0 Å². The number of carboxylic acid groups (broad SMARTS) is 2. The minimum absolute atomic E-state index is 0.0643. The highest BCUT2D eigenvalue weighted by Crippen LogP contribution is 2.09. The summed E-state index contributed by atoms with van der Waals surface area (Å²) in [4.78, 5) is 32.9. The van der Waals surface area contributed by atoms with Crippen molar-refractivity contribution < 1.29 is 34.4 Å². The fourth-order valence-corrected chi connectivity index (χ4v) is 1.25. The average molecular weight is 268 g/mol. The number of aliphatic hydroxyl groups is 1. The highest BCUT2D eigenvalue weighted by Gasteiger charge is 2.35. The van der Waals surface area contributed by atoms with Crippen molar-refractivity contribution in [2.75, 3.05) is 0 Å². The zero-order valence-electron chi connectivity index (χ0n) is 9.94. The van der Waals surface area contributed by atoms with Crippen LogP contribution < -0.4 is 0 Å². The van der Waals surface area contributed by atoms with E-state index < -0.39 is 30.1 Å². The lowest BCUT2D eigenvalue weighted by atomic mass is 10.1. The van der Waals surface area contributed by atoms with Gasteiger partial charge in [0.05, 0.1) is 5.56 Å². The Morgan fingerprint density at radius 3 is 2.00 bits per heavy atom. The highest BCUT2D eigenvalue weighted by atomic mass is 16.6. The van der Waals surface area contributed by atoms with Crippen molar-refractivity contribution in [3.63, 3.8) is 0 Å². The van der Waals surface area contributed by atoms with Crippen molar-refractivity contribution in [2.45, 2.75) is 19.1 Å². The highest BCUT2D eigenvalue weighted by molar-refractivity contribution is 5.92. The van der Waals surface area contributed by atoms with Crippen molar-refractivity contribution in [1.29, 1.82) is 0 Å². The molecular weight excluding hydrogens is 256 g/mol. The molecule has 0 aromatic heterocycles. The number of rotatable bonds is 5. The molecule has 0 aliphatic carbocycles. The first-order valence-electron chi connectivity index (χ1n) is 5.24. The Balaban J connectivity index is 2.85. The minimum Gasteiger partial charge on any atom is -0.479 e. The van der Waals surface area contributed by atoms with Crippen LogP contribution in [0.15, 0.2) is 24.3 Å². The van der Waals surface area contributed by atoms with Gasteiger partial charge in [0.15, 0.2) is 6.10 Å². The maximum atomic E-state index is 11.6. The molecule has 1 aromatic carbocycles. The monoisotopic (exact) mass is 268 g/mol. The van der Waals surface area contributed by atoms with Crippen LogP contribution in [0.3, 0.4) is 0 Å². The van der Waals surface area contributed by atoms with Crippen LogP contribution in [0.25, 0.3) is 0 Å². The largest absolute Gasteiger partial charge is 0.479 e. The van der Waals surface area contributed by atoms with Gasteiger partial charge < -0.3 is 20.1 Å². The number of hydrogen-bond acceptors (Lipinski definition) is 5. The van der Waals surface area contributed by atoms with Crippen LogP contribution in [0.1, 0.15) is 15.9 Å². The molecule has 0 amide bonds. The number of ether oxygens (including phenoxy) is 1. The first kappa shape index (κ1) is 14.7. The van der Waals surface area contributed by atoms with E-state index in [0.717, 1.165) is 5.56 Å². The van der Waals surface area contributed by atoms with Gasteiger partial charge in [0, 0.05) is 0 Å². The van der Waals surface area contributed by atoms with E-state index in [4.69, 9.17) is 15.3 Å². The number of aliphatic carboxylic acids is 2. The molecule has 7 heteroatoms. The fraction of sp³-hybridized carbons (Fsp3) is 0.250. The summed E-state index contributed by atoms with van der Waals surface area (Å²) >= 11 is 0. The standard InChI is InChI=1S/C12H12O7/c1-6-2-4-7(5-3-6)12(18)19-9(11(16)17)8(13)10(14)15/h2-5,8-9,13H,1H3,(H,14,15)(H,16,17)/t8-,9+/m0/s1. The maximum Gasteiger partial charge on any atom is 0.348 e. The first-order valence-corrected chi connectivity index (χ1v) is 5.24. The zero-order valence-corrected chi connectivity index (χ0v) is 9.94. The van der Waals surface area contributed by atoms with Crippen molar-refractivity contribution in [1.82, 2.24) is 0 Å². The normalized spacial score (nSPS) is 13.4. The van der Waals surface area contributed by atoms with E-state index in [-0.39, 0.29) is 5.56 Å². The summed E-state index contributed by atoms with van der Waals surface area (Å²) in [6.07, 6.45) is -4.49. The lowest BCUT2D eigenvalue weighted by Gasteiger charge is -2.16. The third-order valence-corrected chi connectivity index (χ3v) is 2.30. The maximum absolute atomic E-state index is 11.6. The minimum atomic E-state index is -2.33. The number of esters is 1. The molecule has 0 aliphatic rings. The quantitative estimate of drug-likeness (QED) is 0.645. The second-order valence-electron chi connectivity index (χ2n) is 3.81. The summed E-state index contributed by atoms with van der Waals surface area (Å²) < 4.78 is 4.49. The zero-order chi connectivity index (χ0) is 14.6. The van der Waals surface area contributed by atoms with Crippen LogP contribution in [-0.2, 0) is 14.3 Å². The third kappa shape index (κ3) is 3.78. The average Bonchev–Trinajstić information content (AvgIpc) is 2.35. The Kier molecular flexibility index (Phi) is 4.60. The number of aliphatic hydroxyl groups excluding tert-OH is 1. The van der Waals surface area contributed by atoms with E-state index in [1.165, 1.54) is 12.1 Å². The molecule has 3 N–H and O–H groups in total. The summed E-state index contributed by atoms with van der Waals surface area (Å²) in [7, 11) is 0. The molecule has 0 spiro atoms. The first-order chi connectivity index (χ1) is 8.82. The molecule has 0 aliphatic heterocycles. The van der Waals surface area contributed by atoms with Crippen LogP contribution in [0.2, 0.25) is 0 Å². The molecular formula is C12H12O7. The molecule has 2 atom stereocenters. The van der Waals surface area contributed by atoms with E-state index in [2.05, 4.69) is 4.74 Å². The summed E-state index contributed by atoms with van der Waals surface area (Å²) in [6.45, 7) is 1.79. The molecule has 1 aromatic rings. The Bertz CT molecular complexity index is 491. The summed E-state index contributed by atoms with van der Waals surface area (Å²) in [5, 5.41) is 26.4.